The van der Waals surface area contributed by atoms with E-state index in [1.54, 1.807) is 6.33 Å². The second-order valence-corrected chi connectivity index (χ2v) is 8.25. The van der Waals surface area contributed by atoms with Crippen molar-refractivity contribution in [1.29, 1.82) is 0 Å². The summed E-state index contributed by atoms with van der Waals surface area (Å²) in [5.41, 5.74) is 1.44. The molecule has 2 aromatic heterocycles. The molecule has 0 bridgehead atoms. The van der Waals surface area contributed by atoms with Gasteiger partial charge in [0.1, 0.15) is 17.0 Å². The van der Waals surface area contributed by atoms with Gasteiger partial charge in [0.2, 0.25) is 5.91 Å². The fourth-order valence-electron chi connectivity index (χ4n) is 4.10. The van der Waals surface area contributed by atoms with Crippen molar-refractivity contribution in [1.82, 2.24) is 15.3 Å². The molecule has 4 rings (SSSR count). The highest BCUT2D eigenvalue weighted by molar-refractivity contribution is 7.19. The second kappa shape index (κ2) is 7.68. The highest BCUT2D eigenvalue weighted by Crippen LogP contribution is 2.37. The number of anilines is 1. The number of carbonyl (C=O) groups excluding carboxylic acids is 1. The molecule has 0 saturated heterocycles. The Morgan fingerprint density at radius 1 is 1.08 bits per heavy atom. The predicted octanol–water partition coefficient (Wildman–Crippen LogP) is 3.68. The minimum absolute atomic E-state index is 0.224. The fourth-order valence-corrected chi connectivity index (χ4v) is 5.33. The molecule has 2 aliphatic rings. The van der Waals surface area contributed by atoms with Crippen molar-refractivity contribution in [3.8, 4) is 0 Å². The molecule has 0 spiro atoms. The third-order valence-electron chi connectivity index (χ3n) is 5.44. The van der Waals surface area contributed by atoms with Gasteiger partial charge in [0.05, 0.1) is 5.39 Å². The maximum absolute atomic E-state index is 12.2. The van der Waals surface area contributed by atoms with E-state index in [0.29, 0.717) is 13.1 Å². The molecule has 1 amide bonds. The Morgan fingerprint density at radius 2 is 1.92 bits per heavy atom. The van der Waals surface area contributed by atoms with Crippen molar-refractivity contribution in [3.05, 3.63) is 16.8 Å². The summed E-state index contributed by atoms with van der Waals surface area (Å²) < 4.78 is 0. The molecule has 1 saturated carbocycles. The van der Waals surface area contributed by atoms with Crippen molar-refractivity contribution in [3.63, 3.8) is 0 Å². The molecule has 2 aromatic rings. The summed E-state index contributed by atoms with van der Waals surface area (Å²) in [7, 11) is 0. The molecule has 6 heteroatoms. The molecule has 5 nitrogen and oxygen atoms in total. The van der Waals surface area contributed by atoms with Gasteiger partial charge in [-0.1, -0.05) is 19.3 Å². The molecule has 134 valence electrons. The van der Waals surface area contributed by atoms with Gasteiger partial charge < -0.3 is 10.6 Å². The van der Waals surface area contributed by atoms with E-state index in [-0.39, 0.29) is 11.8 Å². The molecule has 0 atom stereocenters. The van der Waals surface area contributed by atoms with E-state index in [9.17, 15) is 4.79 Å². The van der Waals surface area contributed by atoms with Gasteiger partial charge in [-0.2, -0.15) is 0 Å². The van der Waals surface area contributed by atoms with E-state index in [4.69, 9.17) is 0 Å². The van der Waals surface area contributed by atoms with Gasteiger partial charge >= 0.3 is 0 Å². The van der Waals surface area contributed by atoms with Gasteiger partial charge in [0, 0.05) is 23.9 Å². The van der Waals surface area contributed by atoms with Crippen LogP contribution in [0.15, 0.2) is 6.33 Å². The lowest BCUT2D eigenvalue weighted by Gasteiger charge is -2.20. The van der Waals surface area contributed by atoms with Gasteiger partial charge in [0.15, 0.2) is 0 Å². The minimum Gasteiger partial charge on any atom is -0.368 e. The lowest BCUT2D eigenvalue weighted by Crippen LogP contribution is -2.35. The Hall–Kier alpha value is -1.69. The first kappa shape index (κ1) is 16.8. The summed E-state index contributed by atoms with van der Waals surface area (Å²) in [5.74, 6) is 1.38. The van der Waals surface area contributed by atoms with E-state index in [2.05, 4.69) is 20.6 Å². The van der Waals surface area contributed by atoms with E-state index < -0.39 is 0 Å². The number of rotatable bonds is 5. The number of hydrogen-bond acceptors (Lipinski definition) is 5. The molecule has 0 radical (unpaired) electrons. The lowest BCUT2D eigenvalue weighted by atomic mass is 9.89. The number of nitrogens with zero attached hydrogens (tertiary/aromatic N) is 2. The third kappa shape index (κ3) is 3.64. The van der Waals surface area contributed by atoms with Crippen molar-refractivity contribution < 1.29 is 4.79 Å². The van der Waals surface area contributed by atoms with E-state index in [1.165, 1.54) is 54.4 Å². The van der Waals surface area contributed by atoms with Crippen LogP contribution in [0.3, 0.4) is 0 Å². The topological polar surface area (TPSA) is 66.9 Å². The summed E-state index contributed by atoms with van der Waals surface area (Å²) in [6.07, 6.45) is 12.3. The van der Waals surface area contributed by atoms with Gasteiger partial charge in [-0.25, -0.2) is 9.97 Å². The molecule has 0 aliphatic heterocycles. The van der Waals surface area contributed by atoms with Crippen LogP contribution in [0.1, 0.15) is 55.4 Å². The molecule has 2 heterocycles. The number of amides is 1. The third-order valence-corrected chi connectivity index (χ3v) is 6.64. The zero-order valence-corrected chi connectivity index (χ0v) is 15.5. The normalized spacial score (nSPS) is 18.1. The molecular formula is C19H26N4OS. The maximum atomic E-state index is 12.2. The number of aryl methyl sites for hydroxylation is 2. The molecule has 1 fully saturated rings. The van der Waals surface area contributed by atoms with Crippen LogP contribution in [0.4, 0.5) is 5.82 Å². The molecule has 0 aromatic carbocycles. The fraction of sp³-hybridized carbons (Fsp3) is 0.632. The largest absolute Gasteiger partial charge is 0.368 e. The molecule has 2 N–H and O–H groups in total. The monoisotopic (exact) mass is 358 g/mol. The molecular weight excluding hydrogens is 332 g/mol. The first-order valence-corrected chi connectivity index (χ1v) is 10.4. The number of nitrogens with one attached hydrogen (secondary N) is 2. The number of fused-ring (bicyclic) bond motifs is 3. The Morgan fingerprint density at radius 3 is 2.80 bits per heavy atom. The number of aromatic nitrogens is 2. The lowest BCUT2D eigenvalue weighted by molar-refractivity contribution is -0.125. The van der Waals surface area contributed by atoms with Gasteiger partial charge in [-0.3, -0.25) is 4.79 Å². The molecule has 0 unspecified atom stereocenters. The first-order chi connectivity index (χ1) is 12.3. The van der Waals surface area contributed by atoms with E-state index in [0.717, 1.165) is 29.9 Å². The second-order valence-electron chi connectivity index (χ2n) is 7.17. The average Bonchev–Trinajstić information content (AvgIpc) is 3.05. The smallest absolute Gasteiger partial charge is 0.223 e. The Kier molecular flexibility index (Phi) is 5.15. The quantitative estimate of drug-likeness (QED) is 0.800. The van der Waals surface area contributed by atoms with Crippen LogP contribution in [-0.2, 0) is 17.6 Å². The van der Waals surface area contributed by atoms with Crippen molar-refractivity contribution in [2.75, 3.05) is 18.4 Å². The van der Waals surface area contributed by atoms with Gasteiger partial charge in [-0.05, 0) is 44.1 Å². The van der Waals surface area contributed by atoms with E-state index >= 15 is 0 Å². The molecule has 2 aliphatic carbocycles. The highest BCUT2D eigenvalue weighted by Gasteiger charge is 2.21. The summed E-state index contributed by atoms with van der Waals surface area (Å²) in [4.78, 5) is 23.7. The van der Waals surface area contributed by atoms with Crippen LogP contribution >= 0.6 is 11.3 Å². The van der Waals surface area contributed by atoms with Crippen molar-refractivity contribution in [2.45, 2.75) is 57.8 Å². The molecule has 25 heavy (non-hydrogen) atoms. The SMILES string of the molecule is O=C(NCCNc1ncnc2sc3c(c12)CCCC3)C1CCCCC1. The predicted molar refractivity (Wildman–Crippen MR) is 102 cm³/mol. The van der Waals surface area contributed by atoms with Crippen LogP contribution in [0, 0.1) is 5.92 Å². The van der Waals surface area contributed by atoms with Crippen LogP contribution < -0.4 is 10.6 Å². The Balaban J connectivity index is 1.36. The summed E-state index contributed by atoms with van der Waals surface area (Å²) >= 11 is 1.82. The summed E-state index contributed by atoms with van der Waals surface area (Å²) in [5, 5.41) is 7.72. The number of carbonyl (C=O) groups is 1. The van der Waals surface area contributed by atoms with Crippen LogP contribution in [0.5, 0.6) is 0 Å². The van der Waals surface area contributed by atoms with Crippen molar-refractivity contribution >= 4 is 33.3 Å². The first-order valence-electron chi connectivity index (χ1n) is 9.60. The van der Waals surface area contributed by atoms with Crippen LogP contribution in [-0.4, -0.2) is 29.0 Å². The zero-order valence-electron chi connectivity index (χ0n) is 14.6. The zero-order chi connectivity index (χ0) is 17.1. The van der Waals surface area contributed by atoms with Gasteiger partial charge in [-0.15, -0.1) is 11.3 Å². The summed E-state index contributed by atoms with van der Waals surface area (Å²) in [6.45, 7) is 1.35. The minimum atomic E-state index is 0.224. The van der Waals surface area contributed by atoms with Crippen LogP contribution in [0.2, 0.25) is 0 Å². The Labute approximate surface area is 152 Å². The van der Waals surface area contributed by atoms with Crippen LogP contribution in [0.25, 0.3) is 10.2 Å². The Bertz CT molecular complexity index is 751. The highest BCUT2D eigenvalue weighted by atomic mass is 32.1. The maximum Gasteiger partial charge on any atom is 0.223 e. The van der Waals surface area contributed by atoms with E-state index in [1.807, 2.05) is 11.3 Å². The number of hydrogen-bond donors (Lipinski definition) is 2. The van der Waals surface area contributed by atoms with Crippen molar-refractivity contribution in [2.24, 2.45) is 5.92 Å². The number of thiophene rings is 1. The average molecular weight is 359 g/mol. The standard InChI is InChI=1S/C19H26N4OS/c24-18(13-6-2-1-3-7-13)21-11-10-20-17-16-14-8-4-5-9-15(14)25-19(16)23-12-22-17/h12-13H,1-11H2,(H,21,24)(H,20,22,23). The summed E-state index contributed by atoms with van der Waals surface area (Å²) in [6, 6.07) is 0. The van der Waals surface area contributed by atoms with Gasteiger partial charge in [0.25, 0.3) is 0 Å².